The second-order valence-electron chi connectivity index (χ2n) is 3.66. The van der Waals surface area contributed by atoms with E-state index in [9.17, 15) is 4.79 Å². The van der Waals surface area contributed by atoms with Gasteiger partial charge in [0.05, 0.1) is 4.83 Å². The molecule has 0 radical (unpaired) electrons. The minimum atomic E-state index is -0.00611. The lowest BCUT2D eigenvalue weighted by Gasteiger charge is -2.33. The third-order valence-electron chi connectivity index (χ3n) is 2.36. The highest BCUT2D eigenvalue weighted by Gasteiger charge is 2.27. The molecular formula is C9H16BrNO. The average Bonchev–Trinajstić information content (AvgIpc) is 2.00. The Bertz CT molecular complexity index is 166. The number of halogens is 1. The molecule has 1 saturated carbocycles. The topological polar surface area (TPSA) is 29.1 Å². The fourth-order valence-electron chi connectivity index (χ4n) is 1.50. The summed E-state index contributed by atoms with van der Waals surface area (Å²) in [6.45, 7) is 4.22. The van der Waals surface area contributed by atoms with E-state index in [2.05, 4.69) is 28.2 Å². The number of amides is 1. The van der Waals surface area contributed by atoms with Crippen LogP contribution in [0, 0.1) is 5.92 Å². The lowest BCUT2D eigenvalue weighted by atomic mass is 9.82. The van der Waals surface area contributed by atoms with E-state index in [-0.39, 0.29) is 10.7 Å². The van der Waals surface area contributed by atoms with Crippen molar-refractivity contribution in [3.63, 3.8) is 0 Å². The largest absolute Gasteiger partial charge is 0.352 e. The molecule has 1 atom stereocenters. The number of hydrogen-bond acceptors (Lipinski definition) is 1. The molecule has 0 aromatic carbocycles. The molecule has 3 heteroatoms. The highest BCUT2D eigenvalue weighted by atomic mass is 79.9. The monoisotopic (exact) mass is 233 g/mol. The van der Waals surface area contributed by atoms with Gasteiger partial charge in [0.1, 0.15) is 0 Å². The summed E-state index contributed by atoms with van der Waals surface area (Å²) in [6.07, 6.45) is 3.15. The van der Waals surface area contributed by atoms with Crippen LogP contribution in [0.25, 0.3) is 0 Å². The number of rotatable bonds is 3. The van der Waals surface area contributed by atoms with Crippen LogP contribution in [0.2, 0.25) is 0 Å². The van der Waals surface area contributed by atoms with E-state index >= 15 is 0 Å². The fraction of sp³-hybridized carbons (Fsp3) is 0.889. The Morgan fingerprint density at radius 2 is 2.25 bits per heavy atom. The van der Waals surface area contributed by atoms with Gasteiger partial charge in [0.15, 0.2) is 0 Å². The van der Waals surface area contributed by atoms with Crippen LogP contribution in [-0.2, 0) is 4.79 Å². The Morgan fingerprint density at radius 1 is 1.67 bits per heavy atom. The molecule has 0 bridgehead atoms. The minimum absolute atomic E-state index is 0.00611. The SMILES string of the molecule is CC[C@@H](Br)C(=O)NC1CC(C)C1. The molecule has 0 saturated heterocycles. The molecule has 2 nitrogen and oxygen atoms in total. The van der Waals surface area contributed by atoms with Gasteiger partial charge in [-0.25, -0.2) is 0 Å². The highest BCUT2D eigenvalue weighted by molar-refractivity contribution is 9.10. The van der Waals surface area contributed by atoms with Gasteiger partial charge < -0.3 is 5.32 Å². The fourth-order valence-corrected chi connectivity index (χ4v) is 1.63. The van der Waals surface area contributed by atoms with Crippen molar-refractivity contribution in [1.82, 2.24) is 5.32 Å². The van der Waals surface area contributed by atoms with E-state index in [1.165, 1.54) is 0 Å². The van der Waals surface area contributed by atoms with Crippen molar-refractivity contribution in [3.05, 3.63) is 0 Å². The number of carbonyl (C=O) groups excluding carboxylic acids is 1. The van der Waals surface area contributed by atoms with E-state index < -0.39 is 0 Å². The predicted molar refractivity (Wildman–Crippen MR) is 53.3 cm³/mol. The van der Waals surface area contributed by atoms with Gasteiger partial charge in [0.2, 0.25) is 5.91 Å². The normalized spacial score (nSPS) is 30.6. The maximum atomic E-state index is 11.3. The van der Waals surface area contributed by atoms with Crippen LogP contribution in [0.4, 0.5) is 0 Å². The molecule has 0 unspecified atom stereocenters. The molecule has 1 amide bonds. The van der Waals surface area contributed by atoms with Gasteiger partial charge in [-0.1, -0.05) is 29.8 Å². The molecule has 0 aromatic heterocycles. The molecule has 12 heavy (non-hydrogen) atoms. The van der Waals surface area contributed by atoms with Gasteiger partial charge in [-0.05, 0) is 25.2 Å². The van der Waals surface area contributed by atoms with E-state index in [0.29, 0.717) is 6.04 Å². The molecule has 70 valence electrons. The van der Waals surface area contributed by atoms with Crippen LogP contribution >= 0.6 is 15.9 Å². The van der Waals surface area contributed by atoms with Crippen LogP contribution in [0.15, 0.2) is 0 Å². The van der Waals surface area contributed by atoms with Crippen LogP contribution < -0.4 is 5.32 Å². The van der Waals surface area contributed by atoms with Crippen molar-refractivity contribution in [2.75, 3.05) is 0 Å². The molecule has 1 fully saturated rings. The second kappa shape index (κ2) is 4.26. The summed E-state index contributed by atoms with van der Waals surface area (Å²) in [5.41, 5.74) is 0. The van der Waals surface area contributed by atoms with Gasteiger partial charge in [0.25, 0.3) is 0 Å². The van der Waals surface area contributed by atoms with Crippen LogP contribution in [-0.4, -0.2) is 16.8 Å². The molecule has 0 aromatic rings. The highest BCUT2D eigenvalue weighted by Crippen LogP contribution is 2.26. The summed E-state index contributed by atoms with van der Waals surface area (Å²) in [5.74, 6) is 0.945. The average molecular weight is 234 g/mol. The van der Waals surface area contributed by atoms with Gasteiger partial charge in [-0.3, -0.25) is 4.79 Å². The van der Waals surface area contributed by atoms with Crippen molar-refractivity contribution >= 4 is 21.8 Å². The van der Waals surface area contributed by atoms with Gasteiger partial charge in [-0.15, -0.1) is 0 Å². The first kappa shape index (κ1) is 10.0. The lowest BCUT2D eigenvalue weighted by molar-refractivity contribution is -0.122. The minimum Gasteiger partial charge on any atom is -0.352 e. The first-order chi connectivity index (χ1) is 5.63. The van der Waals surface area contributed by atoms with E-state index in [4.69, 9.17) is 0 Å². The van der Waals surface area contributed by atoms with E-state index in [1.807, 2.05) is 6.92 Å². The van der Waals surface area contributed by atoms with Crippen LogP contribution in [0.5, 0.6) is 0 Å². The lowest BCUT2D eigenvalue weighted by Crippen LogP contribution is -2.45. The Kier molecular flexibility index (Phi) is 3.56. The quantitative estimate of drug-likeness (QED) is 0.744. The standard InChI is InChI=1S/C9H16BrNO/c1-3-8(10)9(12)11-7-4-6(2)5-7/h6-8H,3-5H2,1-2H3,(H,11,12)/t6?,7?,8-/m1/s1. The van der Waals surface area contributed by atoms with E-state index in [1.54, 1.807) is 0 Å². The summed E-state index contributed by atoms with van der Waals surface area (Å²) in [4.78, 5) is 11.3. The molecule has 0 aliphatic heterocycles. The summed E-state index contributed by atoms with van der Waals surface area (Å²) in [5, 5.41) is 3.01. The molecule has 0 spiro atoms. The number of carbonyl (C=O) groups is 1. The van der Waals surface area contributed by atoms with Crippen LogP contribution in [0.1, 0.15) is 33.1 Å². The smallest absolute Gasteiger partial charge is 0.233 e. The van der Waals surface area contributed by atoms with E-state index in [0.717, 1.165) is 25.2 Å². The molecule has 1 N–H and O–H groups in total. The molecule has 0 heterocycles. The van der Waals surface area contributed by atoms with Gasteiger partial charge in [0, 0.05) is 6.04 Å². The van der Waals surface area contributed by atoms with Crippen molar-refractivity contribution in [2.24, 2.45) is 5.92 Å². The van der Waals surface area contributed by atoms with Crippen molar-refractivity contribution in [2.45, 2.75) is 44.0 Å². The van der Waals surface area contributed by atoms with Crippen molar-refractivity contribution in [1.29, 1.82) is 0 Å². The zero-order valence-corrected chi connectivity index (χ0v) is 9.23. The Morgan fingerprint density at radius 3 is 2.67 bits per heavy atom. The van der Waals surface area contributed by atoms with Crippen molar-refractivity contribution < 1.29 is 4.79 Å². The Balaban J connectivity index is 2.18. The van der Waals surface area contributed by atoms with Gasteiger partial charge in [-0.2, -0.15) is 0 Å². The zero-order valence-electron chi connectivity index (χ0n) is 7.64. The van der Waals surface area contributed by atoms with Crippen molar-refractivity contribution in [3.8, 4) is 0 Å². The summed E-state index contributed by atoms with van der Waals surface area (Å²) < 4.78 is 0. The summed E-state index contributed by atoms with van der Waals surface area (Å²) >= 11 is 3.33. The zero-order chi connectivity index (χ0) is 9.14. The van der Waals surface area contributed by atoms with Gasteiger partial charge >= 0.3 is 0 Å². The number of hydrogen-bond donors (Lipinski definition) is 1. The molecule has 1 aliphatic rings. The maximum absolute atomic E-state index is 11.3. The molecule has 1 rings (SSSR count). The Hall–Kier alpha value is -0.0500. The third kappa shape index (κ3) is 2.47. The molecule has 1 aliphatic carbocycles. The third-order valence-corrected chi connectivity index (χ3v) is 3.43. The molecular weight excluding hydrogens is 218 g/mol. The summed E-state index contributed by atoms with van der Waals surface area (Å²) in [7, 11) is 0. The number of nitrogens with one attached hydrogen (secondary N) is 1. The predicted octanol–water partition coefficient (Wildman–Crippen LogP) is 2.07. The maximum Gasteiger partial charge on any atom is 0.233 e. The summed E-state index contributed by atoms with van der Waals surface area (Å²) in [6, 6.07) is 0.444. The van der Waals surface area contributed by atoms with Crippen LogP contribution in [0.3, 0.4) is 0 Å². The Labute approximate surface area is 82.2 Å². The number of alkyl halides is 1. The first-order valence-corrected chi connectivity index (χ1v) is 5.49. The first-order valence-electron chi connectivity index (χ1n) is 4.58. The second-order valence-corrected chi connectivity index (χ2v) is 4.76.